The fourth-order valence-electron chi connectivity index (χ4n) is 6.02. The Balaban J connectivity index is 1.57. The van der Waals surface area contributed by atoms with Crippen LogP contribution in [0, 0.1) is 0 Å². The van der Waals surface area contributed by atoms with Gasteiger partial charge in [-0.25, -0.2) is 4.79 Å². The van der Waals surface area contributed by atoms with E-state index in [1.165, 1.54) is 7.11 Å². The summed E-state index contributed by atoms with van der Waals surface area (Å²) in [5.41, 5.74) is 0.893. The van der Waals surface area contributed by atoms with Gasteiger partial charge in [0.05, 0.1) is 12.2 Å². The molecule has 0 aromatic heterocycles. The number of hydrogen-bond acceptors (Lipinski definition) is 16. The molecule has 2 aromatic carbocycles. The first-order chi connectivity index (χ1) is 24.4. The summed E-state index contributed by atoms with van der Waals surface area (Å²) < 4.78 is 64.9. The molecule has 0 bridgehead atoms. The van der Waals surface area contributed by atoms with Crippen LogP contribution >= 0.6 is 0 Å². The molecule has 0 saturated carbocycles. The lowest BCUT2D eigenvalue weighted by atomic mass is 9.95. The van der Waals surface area contributed by atoms with Gasteiger partial charge in [-0.3, -0.25) is 19.2 Å². The van der Waals surface area contributed by atoms with Crippen molar-refractivity contribution in [3.05, 3.63) is 71.8 Å². The Hall–Kier alpha value is -4.45. The highest BCUT2D eigenvalue weighted by molar-refractivity contribution is 5.89. The van der Waals surface area contributed by atoms with Crippen LogP contribution in [0.25, 0.3) is 0 Å². The highest BCUT2D eigenvalue weighted by Crippen LogP contribution is 2.39. The van der Waals surface area contributed by atoms with Gasteiger partial charge in [0.2, 0.25) is 0 Å². The molecule has 2 aromatic rings. The molecule has 5 rings (SSSR count). The molecule has 16 heteroatoms. The van der Waals surface area contributed by atoms with Crippen molar-refractivity contribution in [1.29, 1.82) is 0 Å². The van der Waals surface area contributed by atoms with Crippen LogP contribution in [0.4, 0.5) is 0 Å². The van der Waals surface area contributed by atoms with Crippen molar-refractivity contribution in [2.75, 3.05) is 20.3 Å². The van der Waals surface area contributed by atoms with Crippen LogP contribution in [0.5, 0.6) is 0 Å². The molecule has 16 nitrogen and oxygen atoms in total. The van der Waals surface area contributed by atoms with Gasteiger partial charge in [-0.15, -0.1) is 0 Å². The SMILES string of the molecule is CO[C@H]1O[C@@H]2COC(c3ccccc3)O[C@H]2[C@H](O[C@@H]2O[C@@H](COC(C)=O)[C@H](OC(C)=O)[C@@H](OC(C)=O)[C@H]2OC(C)=O)[C@H]1OC(=O)c1ccccc1. The third-order valence-electron chi connectivity index (χ3n) is 8.08. The number of esters is 5. The van der Waals surface area contributed by atoms with E-state index in [0.717, 1.165) is 27.7 Å². The zero-order chi connectivity index (χ0) is 36.7. The number of fused-ring (bicyclic) bond motifs is 1. The minimum absolute atomic E-state index is 0.00186. The maximum absolute atomic E-state index is 13.5. The first-order valence-electron chi connectivity index (χ1n) is 16.2. The van der Waals surface area contributed by atoms with Gasteiger partial charge in [0.1, 0.15) is 31.0 Å². The van der Waals surface area contributed by atoms with E-state index in [1.54, 1.807) is 42.5 Å². The molecule has 1 unspecified atom stereocenters. The van der Waals surface area contributed by atoms with Crippen LogP contribution in [0.3, 0.4) is 0 Å². The molecule has 3 aliphatic rings. The molecular weight excluding hydrogens is 676 g/mol. The Kier molecular flexibility index (Phi) is 12.7. The van der Waals surface area contributed by atoms with E-state index in [2.05, 4.69) is 0 Å². The zero-order valence-electron chi connectivity index (χ0n) is 28.6. The van der Waals surface area contributed by atoms with Crippen LogP contribution in [-0.4, -0.2) is 112 Å². The largest absolute Gasteiger partial charge is 0.463 e. The summed E-state index contributed by atoms with van der Waals surface area (Å²) >= 11 is 0. The summed E-state index contributed by atoms with van der Waals surface area (Å²) in [7, 11) is 1.34. The molecule has 3 aliphatic heterocycles. The second kappa shape index (κ2) is 17.2. The summed E-state index contributed by atoms with van der Waals surface area (Å²) in [6, 6.07) is 17.2. The summed E-state index contributed by atoms with van der Waals surface area (Å²) in [6.45, 7) is 4.00. The van der Waals surface area contributed by atoms with Crippen molar-refractivity contribution in [2.24, 2.45) is 0 Å². The van der Waals surface area contributed by atoms with Crippen LogP contribution < -0.4 is 0 Å². The predicted molar refractivity (Wildman–Crippen MR) is 168 cm³/mol. The number of methoxy groups -OCH3 is 1. The third-order valence-corrected chi connectivity index (χ3v) is 8.08. The number of rotatable bonds is 11. The van der Waals surface area contributed by atoms with Gasteiger partial charge in [-0.1, -0.05) is 48.5 Å². The quantitative estimate of drug-likeness (QED) is 0.243. The van der Waals surface area contributed by atoms with Crippen LogP contribution in [0.15, 0.2) is 60.7 Å². The minimum Gasteiger partial charge on any atom is -0.463 e. The van der Waals surface area contributed by atoms with Gasteiger partial charge < -0.3 is 52.1 Å². The fraction of sp³-hybridized carbons (Fsp3) is 0.514. The van der Waals surface area contributed by atoms with Crippen LogP contribution in [-0.2, 0) is 71.3 Å². The van der Waals surface area contributed by atoms with Gasteiger partial charge >= 0.3 is 29.8 Å². The minimum atomic E-state index is -1.63. The van der Waals surface area contributed by atoms with Crippen molar-refractivity contribution in [3.8, 4) is 0 Å². The molecule has 3 saturated heterocycles. The molecule has 276 valence electrons. The molecule has 0 N–H and O–H groups in total. The molecule has 3 heterocycles. The van der Waals surface area contributed by atoms with E-state index in [4.69, 9.17) is 52.1 Å². The summed E-state index contributed by atoms with van der Waals surface area (Å²) in [5, 5.41) is 0. The molecule has 51 heavy (non-hydrogen) atoms. The van der Waals surface area contributed by atoms with Gasteiger partial charge in [0.15, 0.2) is 43.3 Å². The Morgan fingerprint density at radius 1 is 0.647 bits per heavy atom. The Morgan fingerprint density at radius 3 is 1.84 bits per heavy atom. The smallest absolute Gasteiger partial charge is 0.338 e. The molecule has 3 fully saturated rings. The number of benzene rings is 2. The average Bonchev–Trinajstić information content (AvgIpc) is 3.10. The van der Waals surface area contributed by atoms with Gasteiger partial charge in [0.25, 0.3) is 0 Å². The van der Waals surface area contributed by atoms with Gasteiger partial charge in [-0.05, 0) is 12.1 Å². The summed E-state index contributed by atoms with van der Waals surface area (Å²) in [5.74, 6) is -3.87. The second-order valence-corrected chi connectivity index (χ2v) is 11.9. The number of carbonyl (C=O) groups is 5. The summed E-state index contributed by atoms with van der Waals surface area (Å²) in [6.07, 6.45) is -14.1. The Labute approximate surface area is 293 Å². The molecular formula is C35H40O16. The molecule has 0 amide bonds. The van der Waals surface area contributed by atoms with E-state index >= 15 is 0 Å². The first-order valence-corrected chi connectivity index (χ1v) is 16.2. The van der Waals surface area contributed by atoms with E-state index in [0.29, 0.717) is 5.56 Å². The van der Waals surface area contributed by atoms with Crippen molar-refractivity contribution in [1.82, 2.24) is 0 Å². The molecule has 11 atom stereocenters. The maximum Gasteiger partial charge on any atom is 0.338 e. The molecule has 0 radical (unpaired) electrons. The average molecular weight is 717 g/mol. The van der Waals surface area contributed by atoms with Crippen molar-refractivity contribution in [2.45, 2.75) is 95.4 Å². The number of ether oxygens (including phenoxy) is 11. The van der Waals surface area contributed by atoms with Crippen molar-refractivity contribution in [3.63, 3.8) is 0 Å². The fourth-order valence-corrected chi connectivity index (χ4v) is 6.02. The van der Waals surface area contributed by atoms with Gasteiger partial charge in [0, 0.05) is 40.4 Å². The van der Waals surface area contributed by atoms with Crippen molar-refractivity contribution >= 4 is 29.8 Å². The Bertz CT molecular complexity index is 1520. The lowest BCUT2D eigenvalue weighted by Crippen LogP contribution is -2.68. The van der Waals surface area contributed by atoms with Crippen LogP contribution in [0.1, 0.15) is 49.9 Å². The lowest BCUT2D eigenvalue weighted by Gasteiger charge is -2.50. The topological polar surface area (TPSA) is 187 Å². The number of hydrogen-bond donors (Lipinski definition) is 0. The van der Waals surface area contributed by atoms with E-state index in [9.17, 15) is 24.0 Å². The normalized spacial score (nSPS) is 31.7. The van der Waals surface area contributed by atoms with E-state index in [1.807, 2.05) is 18.2 Å². The standard InChI is InChI=1S/C35H40O16/c1-18(36)42-16-24-26(44-19(2)37)28(45-20(3)38)31(46-21(4)39)35(48-24)51-29-27-25(17-43-33(50-27)23-14-10-7-11-15-23)47-34(41-5)30(29)49-32(40)22-12-8-6-9-13-22/h6-15,24-31,33-35H,16-17H2,1-5H3/t24-,25+,26-,27+,28+,29-,30+,31+,33?,34-,35-/m0/s1. The maximum atomic E-state index is 13.5. The van der Waals surface area contributed by atoms with Crippen LogP contribution in [0.2, 0.25) is 0 Å². The van der Waals surface area contributed by atoms with Gasteiger partial charge in [-0.2, -0.15) is 0 Å². The molecule has 0 aliphatic carbocycles. The summed E-state index contributed by atoms with van der Waals surface area (Å²) in [4.78, 5) is 62.4. The first kappa shape index (κ1) is 37.8. The monoisotopic (exact) mass is 716 g/mol. The number of carbonyl (C=O) groups excluding carboxylic acids is 5. The zero-order valence-corrected chi connectivity index (χ0v) is 28.6. The lowest BCUT2D eigenvalue weighted by molar-refractivity contribution is -0.389. The second-order valence-electron chi connectivity index (χ2n) is 11.9. The third kappa shape index (κ3) is 9.46. The predicted octanol–water partition coefficient (Wildman–Crippen LogP) is 2.17. The highest BCUT2D eigenvalue weighted by Gasteiger charge is 2.58. The van der Waals surface area contributed by atoms with E-state index in [-0.39, 0.29) is 12.2 Å². The highest BCUT2D eigenvalue weighted by atomic mass is 16.8. The van der Waals surface area contributed by atoms with E-state index < -0.39 is 104 Å². The molecule has 0 spiro atoms. The van der Waals surface area contributed by atoms with Crippen molar-refractivity contribution < 1.29 is 76.1 Å². The Morgan fingerprint density at radius 2 is 1.24 bits per heavy atom.